The van der Waals surface area contributed by atoms with Crippen LogP contribution in [0.15, 0.2) is 53.9 Å². The maximum atomic E-state index is 11.1. The maximum Gasteiger partial charge on any atom is 0.269 e. The Labute approximate surface area is 157 Å². The zero-order valence-corrected chi connectivity index (χ0v) is 14.9. The number of allylic oxidation sites excluding steroid dienone is 1. The molecule has 1 aliphatic heterocycles. The lowest BCUT2D eigenvalue weighted by molar-refractivity contribution is -0.384. The highest BCUT2D eigenvalue weighted by Crippen LogP contribution is 2.43. The Morgan fingerprint density at radius 3 is 2.85 bits per heavy atom. The number of benzene rings is 2. The predicted molar refractivity (Wildman–Crippen MR) is 102 cm³/mol. The number of nitriles is 1. The van der Waals surface area contributed by atoms with Gasteiger partial charge in [0.25, 0.3) is 5.69 Å². The molecule has 3 N–H and O–H groups in total. The summed E-state index contributed by atoms with van der Waals surface area (Å²) in [5, 5.41) is 24.0. The zero-order valence-electron chi connectivity index (χ0n) is 14.9. The SMILES string of the molecule is CCCCNc1ccc2c(c1)OC(N)=C(C#N)C2c1cccc([N+](=O)[O-])c1. The molecule has 0 bridgehead atoms. The number of nitro groups is 1. The van der Waals surface area contributed by atoms with Gasteiger partial charge in [0.15, 0.2) is 0 Å². The molecule has 0 fully saturated rings. The summed E-state index contributed by atoms with van der Waals surface area (Å²) in [4.78, 5) is 10.7. The summed E-state index contributed by atoms with van der Waals surface area (Å²) in [6, 6.07) is 14.0. The highest BCUT2D eigenvalue weighted by molar-refractivity contribution is 5.61. The van der Waals surface area contributed by atoms with Crippen molar-refractivity contribution in [1.29, 1.82) is 5.26 Å². The van der Waals surface area contributed by atoms with E-state index in [9.17, 15) is 15.4 Å². The topological polar surface area (TPSA) is 114 Å². The van der Waals surface area contributed by atoms with Crippen molar-refractivity contribution >= 4 is 11.4 Å². The van der Waals surface area contributed by atoms with Gasteiger partial charge in [0.05, 0.1) is 10.8 Å². The average molecular weight is 364 g/mol. The van der Waals surface area contributed by atoms with Gasteiger partial charge in [-0.25, -0.2) is 0 Å². The minimum absolute atomic E-state index is 0.0206. The second-order valence-corrected chi connectivity index (χ2v) is 6.31. The van der Waals surface area contributed by atoms with Gasteiger partial charge in [0, 0.05) is 36.0 Å². The van der Waals surface area contributed by atoms with E-state index in [-0.39, 0.29) is 17.1 Å². The Morgan fingerprint density at radius 2 is 2.15 bits per heavy atom. The third kappa shape index (κ3) is 3.70. The number of fused-ring (bicyclic) bond motifs is 1. The maximum absolute atomic E-state index is 11.1. The standard InChI is InChI=1S/C20H20N4O3/c1-2-3-9-23-14-7-8-16-18(11-14)27-20(22)17(12-21)19(16)13-5-4-6-15(10-13)24(25)26/h4-8,10-11,19,23H,2-3,9,22H2,1H3. The molecule has 0 spiro atoms. The van der Waals surface area contributed by atoms with Crippen LogP contribution in [0.5, 0.6) is 5.75 Å². The summed E-state index contributed by atoms with van der Waals surface area (Å²) in [5.74, 6) is 0.0556. The molecule has 1 heterocycles. The monoisotopic (exact) mass is 364 g/mol. The quantitative estimate of drug-likeness (QED) is 0.454. The Bertz CT molecular complexity index is 946. The van der Waals surface area contributed by atoms with Crippen LogP contribution in [0.4, 0.5) is 11.4 Å². The summed E-state index contributed by atoms with van der Waals surface area (Å²) >= 11 is 0. The summed E-state index contributed by atoms with van der Waals surface area (Å²) in [5.41, 5.74) is 8.47. The minimum atomic E-state index is -0.511. The summed E-state index contributed by atoms with van der Waals surface area (Å²) in [7, 11) is 0. The van der Waals surface area contributed by atoms with Gasteiger partial charge in [-0.2, -0.15) is 5.26 Å². The van der Waals surface area contributed by atoms with Crippen molar-refractivity contribution < 1.29 is 9.66 Å². The van der Waals surface area contributed by atoms with Crippen molar-refractivity contribution in [3.8, 4) is 11.8 Å². The normalized spacial score (nSPS) is 15.5. The molecular formula is C20H20N4O3. The van der Waals surface area contributed by atoms with Crippen LogP contribution >= 0.6 is 0 Å². The molecule has 3 rings (SSSR count). The number of anilines is 1. The van der Waals surface area contributed by atoms with Crippen molar-refractivity contribution in [2.24, 2.45) is 5.73 Å². The summed E-state index contributed by atoms with van der Waals surface area (Å²) in [6.45, 7) is 2.97. The zero-order chi connectivity index (χ0) is 19.4. The molecule has 0 radical (unpaired) electrons. The van der Waals surface area contributed by atoms with Gasteiger partial charge in [0.1, 0.15) is 17.4 Å². The van der Waals surface area contributed by atoms with E-state index in [0.29, 0.717) is 11.3 Å². The van der Waals surface area contributed by atoms with Crippen molar-refractivity contribution in [1.82, 2.24) is 0 Å². The van der Waals surface area contributed by atoms with Crippen LogP contribution in [-0.2, 0) is 0 Å². The van der Waals surface area contributed by atoms with Crippen LogP contribution in [0.3, 0.4) is 0 Å². The molecule has 0 amide bonds. The van der Waals surface area contributed by atoms with Crippen molar-refractivity contribution in [2.45, 2.75) is 25.7 Å². The second-order valence-electron chi connectivity index (χ2n) is 6.31. The number of nitrogens with two attached hydrogens (primary N) is 1. The minimum Gasteiger partial charge on any atom is -0.440 e. The van der Waals surface area contributed by atoms with E-state index in [1.165, 1.54) is 12.1 Å². The first-order valence-electron chi connectivity index (χ1n) is 8.75. The fraction of sp³-hybridized carbons (Fsp3) is 0.250. The molecule has 7 heteroatoms. The van der Waals surface area contributed by atoms with E-state index < -0.39 is 10.8 Å². The van der Waals surface area contributed by atoms with Crippen LogP contribution < -0.4 is 15.8 Å². The fourth-order valence-corrected chi connectivity index (χ4v) is 3.14. The number of unbranched alkanes of at least 4 members (excludes halogenated alkanes) is 1. The van der Waals surface area contributed by atoms with Crippen LogP contribution in [0.25, 0.3) is 0 Å². The van der Waals surface area contributed by atoms with Gasteiger partial charge in [0.2, 0.25) is 5.88 Å². The first-order chi connectivity index (χ1) is 13.0. The van der Waals surface area contributed by atoms with E-state index in [1.54, 1.807) is 12.1 Å². The van der Waals surface area contributed by atoms with Gasteiger partial charge in [-0.05, 0) is 18.1 Å². The molecule has 1 unspecified atom stereocenters. The molecule has 0 saturated carbocycles. The van der Waals surface area contributed by atoms with Gasteiger partial charge in [-0.15, -0.1) is 0 Å². The number of hydrogen-bond acceptors (Lipinski definition) is 6. The highest BCUT2D eigenvalue weighted by Gasteiger charge is 2.31. The lowest BCUT2D eigenvalue weighted by Gasteiger charge is -2.27. The average Bonchev–Trinajstić information content (AvgIpc) is 2.67. The molecule has 2 aromatic rings. The molecule has 0 aromatic heterocycles. The van der Waals surface area contributed by atoms with Gasteiger partial charge < -0.3 is 15.8 Å². The number of nitro benzene ring substituents is 1. The highest BCUT2D eigenvalue weighted by atomic mass is 16.6. The summed E-state index contributed by atoms with van der Waals surface area (Å²) in [6.07, 6.45) is 2.14. The molecule has 138 valence electrons. The van der Waals surface area contributed by atoms with Crippen LogP contribution in [0, 0.1) is 21.4 Å². The smallest absolute Gasteiger partial charge is 0.269 e. The van der Waals surface area contributed by atoms with Gasteiger partial charge >= 0.3 is 0 Å². The van der Waals surface area contributed by atoms with E-state index in [0.717, 1.165) is 30.6 Å². The summed E-state index contributed by atoms with van der Waals surface area (Å²) < 4.78 is 5.67. The second kappa shape index (κ2) is 7.79. The van der Waals surface area contributed by atoms with E-state index >= 15 is 0 Å². The Kier molecular flexibility index (Phi) is 5.27. The van der Waals surface area contributed by atoms with Crippen LogP contribution in [0.2, 0.25) is 0 Å². The van der Waals surface area contributed by atoms with Crippen molar-refractivity contribution in [3.63, 3.8) is 0 Å². The van der Waals surface area contributed by atoms with E-state index in [2.05, 4.69) is 18.3 Å². The largest absolute Gasteiger partial charge is 0.440 e. The number of nitrogens with one attached hydrogen (secondary N) is 1. The first kappa shape index (κ1) is 18.3. The molecule has 1 atom stereocenters. The van der Waals surface area contributed by atoms with Crippen molar-refractivity contribution in [2.75, 3.05) is 11.9 Å². The third-order valence-corrected chi connectivity index (χ3v) is 4.49. The first-order valence-corrected chi connectivity index (χ1v) is 8.75. The molecule has 7 nitrogen and oxygen atoms in total. The molecule has 27 heavy (non-hydrogen) atoms. The number of non-ortho nitro benzene ring substituents is 1. The van der Waals surface area contributed by atoms with Crippen LogP contribution in [0.1, 0.15) is 36.8 Å². The van der Waals surface area contributed by atoms with Crippen LogP contribution in [-0.4, -0.2) is 11.5 Å². The van der Waals surface area contributed by atoms with Gasteiger partial charge in [-0.3, -0.25) is 10.1 Å². The molecular weight excluding hydrogens is 344 g/mol. The number of hydrogen-bond donors (Lipinski definition) is 2. The van der Waals surface area contributed by atoms with E-state index in [1.807, 2.05) is 18.2 Å². The molecule has 1 aliphatic rings. The Hall–Kier alpha value is -3.53. The molecule has 0 saturated heterocycles. The number of ether oxygens (including phenoxy) is 1. The number of nitrogens with zero attached hydrogens (tertiary/aromatic N) is 2. The van der Waals surface area contributed by atoms with E-state index in [4.69, 9.17) is 10.5 Å². The van der Waals surface area contributed by atoms with Crippen molar-refractivity contribution in [3.05, 3.63) is 75.2 Å². The third-order valence-electron chi connectivity index (χ3n) is 4.49. The Balaban J connectivity index is 2.04. The number of rotatable bonds is 6. The molecule has 0 aliphatic carbocycles. The lowest BCUT2D eigenvalue weighted by Crippen LogP contribution is -2.21. The predicted octanol–water partition coefficient (Wildman–Crippen LogP) is 4.02. The fourth-order valence-electron chi connectivity index (χ4n) is 3.14. The van der Waals surface area contributed by atoms with Gasteiger partial charge in [-0.1, -0.05) is 31.5 Å². The lowest BCUT2D eigenvalue weighted by atomic mass is 9.83. The molecule has 2 aromatic carbocycles. The Morgan fingerprint density at radius 1 is 1.33 bits per heavy atom.